The Hall–Kier alpha value is -1.86. The lowest BCUT2D eigenvalue weighted by atomic mass is 10.1. The highest BCUT2D eigenvalue weighted by Crippen LogP contribution is 2.04. The highest BCUT2D eigenvalue weighted by Gasteiger charge is 2.26. The molecule has 0 fully saturated rings. The quantitative estimate of drug-likeness (QED) is 0.427. The van der Waals surface area contributed by atoms with Crippen molar-refractivity contribution in [3.63, 3.8) is 0 Å². The maximum atomic E-state index is 11.6. The van der Waals surface area contributed by atoms with Crippen LogP contribution >= 0.6 is 0 Å². The van der Waals surface area contributed by atoms with Crippen LogP contribution in [0.15, 0.2) is 41.4 Å². The highest BCUT2D eigenvalue weighted by molar-refractivity contribution is 6.04. The zero-order valence-corrected chi connectivity index (χ0v) is 11.6. The smallest absolute Gasteiger partial charge is 0.269 e. The summed E-state index contributed by atoms with van der Waals surface area (Å²) in [5.41, 5.74) is 0.502. The predicted octanol–water partition coefficient (Wildman–Crippen LogP) is -0.238. The molecule has 0 radical (unpaired) electrons. The molecule has 6 heteroatoms. The monoisotopic (exact) mass is 293 g/mol. The van der Waals surface area contributed by atoms with Gasteiger partial charge in [0.05, 0.1) is 18.4 Å². The number of hydrogen-bond acceptors (Lipinski definition) is 5. The van der Waals surface area contributed by atoms with E-state index in [-0.39, 0.29) is 5.71 Å². The first-order valence-corrected chi connectivity index (χ1v) is 6.45. The maximum absolute atomic E-state index is 11.6. The van der Waals surface area contributed by atoms with Gasteiger partial charge in [0.2, 0.25) is 0 Å². The van der Waals surface area contributed by atoms with Crippen LogP contribution in [0, 0.1) is 0 Å². The molecule has 0 unspecified atom stereocenters. The number of aliphatic imine (C=N–C) groups is 1. The number of amides is 1. The summed E-state index contributed by atoms with van der Waals surface area (Å²) in [6.45, 7) is 0.579. The topological polar surface area (TPSA) is 110 Å². The minimum atomic E-state index is -1.61. The van der Waals surface area contributed by atoms with E-state index in [1.807, 2.05) is 18.2 Å². The second kappa shape index (κ2) is 8.43. The zero-order chi connectivity index (χ0) is 15.8. The summed E-state index contributed by atoms with van der Waals surface area (Å²) in [6, 6.07) is 9.07. The molecule has 0 saturated carbocycles. The Labute approximate surface area is 122 Å². The minimum absolute atomic E-state index is 0.300. The van der Waals surface area contributed by atoms with Gasteiger partial charge in [0.15, 0.2) is 0 Å². The van der Waals surface area contributed by atoms with Crippen molar-refractivity contribution in [2.75, 3.05) is 6.61 Å². The van der Waals surface area contributed by atoms with E-state index in [0.717, 1.165) is 5.56 Å². The predicted molar refractivity (Wildman–Crippen MR) is 78.7 cm³/mol. The largest absolute Gasteiger partial charge is 0.391 e. The van der Waals surface area contributed by atoms with Crippen molar-refractivity contribution in [3.8, 4) is 0 Å². The van der Waals surface area contributed by atoms with Gasteiger partial charge in [-0.2, -0.15) is 0 Å². The summed E-state index contributed by atoms with van der Waals surface area (Å²) >= 11 is 0. The van der Waals surface area contributed by atoms with E-state index >= 15 is 0 Å². The molecule has 0 aromatic heterocycles. The normalized spacial score (nSPS) is 16.7. The molecule has 1 aromatic rings. The SMILES string of the molecule is C[C@H](O)[C@@H](O)[C@H](O)C(CO)=NC(=O)/C=C/c1ccccc1. The van der Waals surface area contributed by atoms with E-state index < -0.39 is 30.8 Å². The molecule has 0 bridgehead atoms. The van der Waals surface area contributed by atoms with Crippen molar-refractivity contribution in [2.24, 2.45) is 4.99 Å². The van der Waals surface area contributed by atoms with Gasteiger partial charge >= 0.3 is 0 Å². The number of benzene rings is 1. The van der Waals surface area contributed by atoms with E-state index in [4.69, 9.17) is 5.11 Å². The Balaban J connectivity index is 2.78. The van der Waals surface area contributed by atoms with E-state index in [9.17, 15) is 20.1 Å². The minimum Gasteiger partial charge on any atom is -0.391 e. The molecule has 0 aliphatic heterocycles. The molecule has 0 saturated heterocycles. The lowest BCUT2D eigenvalue weighted by molar-refractivity contribution is -0.113. The summed E-state index contributed by atoms with van der Waals surface area (Å²) in [7, 11) is 0. The summed E-state index contributed by atoms with van der Waals surface area (Å²) in [5, 5.41) is 37.5. The molecule has 1 amide bonds. The van der Waals surface area contributed by atoms with Crippen LogP contribution in [0.5, 0.6) is 0 Å². The van der Waals surface area contributed by atoms with Crippen molar-refractivity contribution >= 4 is 17.7 Å². The molecule has 21 heavy (non-hydrogen) atoms. The number of aliphatic hydroxyl groups excluding tert-OH is 4. The van der Waals surface area contributed by atoms with E-state index in [1.54, 1.807) is 12.1 Å². The average molecular weight is 293 g/mol. The molecule has 1 rings (SSSR count). The van der Waals surface area contributed by atoms with Crippen LogP contribution in [0.2, 0.25) is 0 Å². The molecule has 3 atom stereocenters. The van der Waals surface area contributed by atoms with Gasteiger partial charge in [-0.1, -0.05) is 30.3 Å². The van der Waals surface area contributed by atoms with Crippen molar-refractivity contribution < 1.29 is 25.2 Å². The van der Waals surface area contributed by atoms with Crippen molar-refractivity contribution in [2.45, 2.75) is 25.2 Å². The van der Waals surface area contributed by atoms with Crippen LogP contribution in [0.25, 0.3) is 6.08 Å². The van der Waals surface area contributed by atoms with Gasteiger partial charge in [0.1, 0.15) is 12.2 Å². The fraction of sp³-hybridized carbons (Fsp3) is 0.333. The Kier molecular flexibility index (Phi) is 6.90. The number of hydrogen-bond donors (Lipinski definition) is 4. The molecule has 0 aliphatic rings. The molecule has 4 N–H and O–H groups in total. The maximum Gasteiger partial charge on any atom is 0.269 e. The molecule has 0 spiro atoms. The Morgan fingerprint density at radius 3 is 2.38 bits per heavy atom. The first-order valence-electron chi connectivity index (χ1n) is 6.45. The van der Waals surface area contributed by atoms with Gasteiger partial charge in [-0.25, -0.2) is 4.99 Å². The van der Waals surface area contributed by atoms with Crippen LogP contribution < -0.4 is 0 Å². The van der Waals surface area contributed by atoms with Crippen LogP contribution in [0.1, 0.15) is 12.5 Å². The van der Waals surface area contributed by atoms with Crippen molar-refractivity contribution in [3.05, 3.63) is 42.0 Å². The van der Waals surface area contributed by atoms with Gasteiger partial charge < -0.3 is 20.4 Å². The summed E-state index contributed by atoms with van der Waals surface area (Å²) in [6.07, 6.45) is -1.62. The first-order chi connectivity index (χ1) is 9.95. The summed E-state index contributed by atoms with van der Waals surface area (Å²) in [5.74, 6) is -0.681. The van der Waals surface area contributed by atoms with Crippen LogP contribution in [0.4, 0.5) is 0 Å². The number of carbonyl (C=O) groups is 1. The lowest BCUT2D eigenvalue weighted by Crippen LogP contribution is -2.42. The number of nitrogens with zero attached hydrogens (tertiary/aromatic N) is 1. The van der Waals surface area contributed by atoms with Gasteiger partial charge in [-0.15, -0.1) is 0 Å². The van der Waals surface area contributed by atoms with Gasteiger partial charge in [-0.3, -0.25) is 4.79 Å². The zero-order valence-electron chi connectivity index (χ0n) is 11.6. The third-order valence-electron chi connectivity index (χ3n) is 2.79. The molecule has 1 aromatic carbocycles. The number of aliphatic hydroxyl groups is 4. The Bertz CT molecular complexity index is 510. The molecular formula is C15H19NO5. The van der Waals surface area contributed by atoms with E-state index in [0.29, 0.717) is 0 Å². The summed E-state index contributed by atoms with van der Waals surface area (Å²) in [4.78, 5) is 15.2. The van der Waals surface area contributed by atoms with Crippen LogP contribution in [0.3, 0.4) is 0 Å². The van der Waals surface area contributed by atoms with Gasteiger partial charge in [0.25, 0.3) is 5.91 Å². The second-order valence-corrected chi connectivity index (χ2v) is 4.52. The van der Waals surface area contributed by atoms with E-state index in [2.05, 4.69) is 4.99 Å². The molecular weight excluding hydrogens is 274 g/mol. The van der Waals surface area contributed by atoms with E-state index in [1.165, 1.54) is 19.1 Å². The number of carbonyl (C=O) groups excluding carboxylic acids is 1. The summed E-state index contributed by atoms with van der Waals surface area (Å²) < 4.78 is 0. The Morgan fingerprint density at radius 1 is 1.24 bits per heavy atom. The lowest BCUT2D eigenvalue weighted by Gasteiger charge is -2.20. The average Bonchev–Trinajstić information content (AvgIpc) is 2.50. The molecule has 0 aliphatic carbocycles. The van der Waals surface area contributed by atoms with Gasteiger partial charge in [-0.05, 0) is 18.6 Å². The van der Waals surface area contributed by atoms with Gasteiger partial charge in [0, 0.05) is 6.08 Å². The highest BCUT2D eigenvalue weighted by atomic mass is 16.4. The van der Waals surface area contributed by atoms with Crippen LogP contribution in [-0.4, -0.2) is 57.0 Å². The first kappa shape index (κ1) is 17.2. The fourth-order valence-electron chi connectivity index (χ4n) is 1.57. The fourth-order valence-corrected chi connectivity index (χ4v) is 1.57. The molecule has 0 heterocycles. The molecule has 114 valence electrons. The second-order valence-electron chi connectivity index (χ2n) is 4.52. The third-order valence-corrected chi connectivity index (χ3v) is 2.79. The van der Waals surface area contributed by atoms with Crippen molar-refractivity contribution in [1.82, 2.24) is 0 Å². The standard InChI is InChI=1S/C15H19NO5/c1-10(18)14(20)15(21)12(9-17)16-13(19)8-7-11-5-3-2-4-6-11/h2-8,10,14-15,17-18,20-21H,9H2,1H3/b8-7+,16-12?/t10-,14+,15+/m0/s1. The molecule has 6 nitrogen and oxygen atoms in total. The van der Waals surface area contributed by atoms with Crippen molar-refractivity contribution in [1.29, 1.82) is 0 Å². The Morgan fingerprint density at radius 2 is 1.86 bits per heavy atom. The number of rotatable bonds is 6. The third kappa shape index (κ3) is 5.57. The van der Waals surface area contributed by atoms with Crippen LogP contribution in [-0.2, 0) is 4.79 Å².